The highest BCUT2D eigenvalue weighted by Crippen LogP contribution is 2.33. The number of morpholine rings is 1. The van der Waals surface area contributed by atoms with Gasteiger partial charge in [0.15, 0.2) is 0 Å². The van der Waals surface area contributed by atoms with E-state index in [9.17, 15) is 4.79 Å². The van der Waals surface area contributed by atoms with Gasteiger partial charge < -0.3 is 10.1 Å². The minimum Gasteiger partial charge on any atom is -0.379 e. The van der Waals surface area contributed by atoms with Gasteiger partial charge in [-0.25, -0.2) is 4.98 Å². The van der Waals surface area contributed by atoms with Gasteiger partial charge in [0.1, 0.15) is 5.01 Å². The minimum atomic E-state index is 0.0595. The van der Waals surface area contributed by atoms with Crippen LogP contribution < -0.4 is 5.32 Å². The SMILES string of the molecule is O=C(NCCN1CCOCC1)C1CCc2nc(-c3ccccn3)sc2C1. The first kappa shape index (κ1) is 17.6. The average Bonchev–Trinajstić information content (AvgIpc) is 3.13. The Kier molecular flexibility index (Phi) is 5.57. The Hall–Kier alpha value is -1.83. The molecule has 1 atom stereocenters. The summed E-state index contributed by atoms with van der Waals surface area (Å²) in [5, 5.41) is 4.08. The number of amides is 1. The van der Waals surface area contributed by atoms with E-state index in [1.165, 1.54) is 4.88 Å². The summed E-state index contributed by atoms with van der Waals surface area (Å²) in [6, 6.07) is 5.88. The van der Waals surface area contributed by atoms with Gasteiger partial charge in [0.05, 0.1) is 24.6 Å². The van der Waals surface area contributed by atoms with Crippen molar-refractivity contribution in [2.75, 3.05) is 39.4 Å². The molecular formula is C19H24N4O2S. The third kappa shape index (κ3) is 4.11. The monoisotopic (exact) mass is 372 g/mol. The van der Waals surface area contributed by atoms with Crippen LogP contribution in [0.4, 0.5) is 0 Å². The molecule has 1 unspecified atom stereocenters. The van der Waals surface area contributed by atoms with Crippen LogP contribution >= 0.6 is 11.3 Å². The second-order valence-electron chi connectivity index (χ2n) is 6.79. The molecule has 26 heavy (non-hydrogen) atoms. The van der Waals surface area contributed by atoms with E-state index in [2.05, 4.69) is 15.2 Å². The van der Waals surface area contributed by atoms with E-state index in [4.69, 9.17) is 9.72 Å². The molecule has 1 N–H and O–H groups in total. The molecule has 4 rings (SSSR count). The summed E-state index contributed by atoms with van der Waals surface area (Å²) in [7, 11) is 0. The van der Waals surface area contributed by atoms with Crippen LogP contribution in [0.25, 0.3) is 10.7 Å². The quantitative estimate of drug-likeness (QED) is 0.866. The van der Waals surface area contributed by atoms with E-state index < -0.39 is 0 Å². The average molecular weight is 372 g/mol. The molecule has 1 fully saturated rings. The molecule has 7 heteroatoms. The fraction of sp³-hybridized carbons (Fsp3) is 0.526. The molecule has 1 aliphatic carbocycles. The van der Waals surface area contributed by atoms with Crippen molar-refractivity contribution in [2.24, 2.45) is 5.92 Å². The molecule has 0 radical (unpaired) electrons. The van der Waals surface area contributed by atoms with Crippen molar-refractivity contribution in [3.63, 3.8) is 0 Å². The Labute approximate surface area is 157 Å². The van der Waals surface area contributed by atoms with Crippen molar-refractivity contribution >= 4 is 17.2 Å². The Morgan fingerprint density at radius 1 is 1.35 bits per heavy atom. The lowest BCUT2D eigenvalue weighted by atomic mass is 9.90. The summed E-state index contributed by atoms with van der Waals surface area (Å²) in [4.78, 5) is 25.3. The second-order valence-corrected chi connectivity index (χ2v) is 7.87. The molecule has 1 aliphatic heterocycles. The molecular weight excluding hydrogens is 348 g/mol. The maximum absolute atomic E-state index is 12.5. The maximum atomic E-state index is 12.5. The zero-order valence-corrected chi connectivity index (χ0v) is 15.6. The van der Waals surface area contributed by atoms with Gasteiger partial charge in [-0.3, -0.25) is 14.7 Å². The summed E-state index contributed by atoms with van der Waals surface area (Å²) < 4.78 is 5.35. The van der Waals surface area contributed by atoms with Gasteiger partial charge >= 0.3 is 0 Å². The summed E-state index contributed by atoms with van der Waals surface area (Å²) in [5.41, 5.74) is 2.06. The molecule has 0 spiro atoms. The van der Waals surface area contributed by atoms with Crippen molar-refractivity contribution < 1.29 is 9.53 Å². The van der Waals surface area contributed by atoms with E-state index in [0.29, 0.717) is 6.54 Å². The Bertz CT molecular complexity index is 743. The van der Waals surface area contributed by atoms with Crippen LogP contribution in [0.1, 0.15) is 17.0 Å². The van der Waals surface area contributed by atoms with E-state index in [1.54, 1.807) is 17.5 Å². The predicted octanol–water partition coefficient (Wildman–Crippen LogP) is 1.76. The Morgan fingerprint density at radius 3 is 3.04 bits per heavy atom. The first-order valence-electron chi connectivity index (χ1n) is 9.27. The molecule has 2 aliphatic rings. The summed E-state index contributed by atoms with van der Waals surface area (Å²) in [6.07, 6.45) is 4.34. The molecule has 0 aromatic carbocycles. The number of hydrogen-bond donors (Lipinski definition) is 1. The third-order valence-electron chi connectivity index (χ3n) is 5.03. The lowest BCUT2D eigenvalue weighted by Crippen LogP contribution is -2.43. The molecule has 3 heterocycles. The number of thiazole rings is 1. The Balaban J connectivity index is 1.31. The number of nitrogens with one attached hydrogen (secondary N) is 1. The maximum Gasteiger partial charge on any atom is 0.223 e. The van der Waals surface area contributed by atoms with Crippen molar-refractivity contribution in [3.8, 4) is 10.7 Å². The van der Waals surface area contributed by atoms with Crippen LogP contribution in [-0.4, -0.2) is 60.2 Å². The van der Waals surface area contributed by atoms with Crippen LogP contribution in [0.15, 0.2) is 24.4 Å². The highest BCUT2D eigenvalue weighted by Gasteiger charge is 2.27. The molecule has 6 nitrogen and oxygen atoms in total. The normalized spacial score (nSPS) is 20.5. The topological polar surface area (TPSA) is 67.4 Å². The lowest BCUT2D eigenvalue weighted by Gasteiger charge is -2.27. The van der Waals surface area contributed by atoms with Gasteiger partial charge in [-0.1, -0.05) is 6.07 Å². The smallest absolute Gasteiger partial charge is 0.223 e. The van der Waals surface area contributed by atoms with Crippen LogP contribution in [0.3, 0.4) is 0 Å². The van der Waals surface area contributed by atoms with Crippen LogP contribution in [0.5, 0.6) is 0 Å². The first-order chi connectivity index (χ1) is 12.8. The molecule has 0 bridgehead atoms. The van der Waals surface area contributed by atoms with Crippen LogP contribution in [0, 0.1) is 5.92 Å². The fourth-order valence-corrected chi connectivity index (χ4v) is 4.67. The summed E-state index contributed by atoms with van der Waals surface area (Å²) >= 11 is 1.68. The number of aromatic nitrogens is 2. The number of hydrogen-bond acceptors (Lipinski definition) is 6. The fourth-order valence-electron chi connectivity index (χ4n) is 3.50. The van der Waals surface area contributed by atoms with Gasteiger partial charge in [0.25, 0.3) is 0 Å². The second kappa shape index (κ2) is 8.24. The zero-order valence-electron chi connectivity index (χ0n) is 14.8. The van der Waals surface area contributed by atoms with Gasteiger partial charge in [-0.2, -0.15) is 0 Å². The first-order valence-corrected chi connectivity index (χ1v) is 10.1. The lowest BCUT2D eigenvalue weighted by molar-refractivity contribution is -0.125. The number of fused-ring (bicyclic) bond motifs is 1. The number of nitrogens with zero attached hydrogens (tertiary/aromatic N) is 3. The van der Waals surface area contributed by atoms with Crippen LogP contribution in [0.2, 0.25) is 0 Å². The predicted molar refractivity (Wildman–Crippen MR) is 101 cm³/mol. The Morgan fingerprint density at radius 2 is 2.23 bits per heavy atom. The molecule has 2 aromatic rings. The molecule has 0 saturated carbocycles. The number of rotatable bonds is 5. The van der Waals surface area contributed by atoms with E-state index >= 15 is 0 Å². The summed E-state index contributed by atoms with van der Waals surface area (Å²) in [5.74, 6) is 0.237. The number of pyridine rings is 1. The van der Waals surface area contributed by atoms with E-state index in [1.807, 2.05) is 18.2 Å². The van der Waals surface area contributed by atoms with Crippen molar-refractivity contribution in [3.05, 3.63) is 35.0 Å². The van der Waals surface area contributed by atoms with Gasteiger partial charge in [-0.05, 0) is 31.4 Å². The minimum absolute atomic E-state index is 0.0595. The van der Waals surface area contributed by atoms with Gasteiger partial charge in [-0.15, -0.1) is 11.3 Å². The third-order valence-corrected chi connectivity index (χ3v) is 6.17. The standard InChI is InChI=1S/C19H24N4O2S/c24-18(21-7-8-23-9-11-25-12-10-23)14-4-5-15-17(13-14)26-19(22-15)16-3-1-2-6-20-16/h1-3,6,14H,4-5,7-13H2,(H,21,24). The molecule has 1 saturated heterocycles. The van der Waals surface area contributed by atoms with Crippen molar-refractivity contribution in [1.82, 2.24) is 20.2 Å². The highest BCUT2D eigenvalue weighted by molar-refractivity contribution is 7.15. The van der Waals surface area contributed by atoms with Gasteiger partial charge in [0.2, 0.25) is 5.91 Å². The highest BCUT2D eigenvalue weighted by atomic mass is 32.1. The number of aryl methyl sites for hydroxylation is 1. The van der Waals surface area contributed by atoms with Crippen LogP contribution in [-0.2, 0) is 22.4 Å². The van der Waals surface area contributed by atoms with E-state index in [0.717, 1.165) is 68.5 Å². The van der Waals surface area contributed by atoms with Gasteiger partial charge in [0, 0.05) is 43.2 Å². The largest absolute Gasteiger partial charge is 0.379 e. The van der Waals surface area contributed by atoms with Crippen molar-refractivity contribution in [2.45, 2.75) is 19.3 Å². The zero-order chi connectivity index (χ0) is 17.8. The summed E-state index contributed by atoms with van der Waals surface area (Å²) in [6.45, 7) is 5.12. The van der Waals surface area contributed by atoms with E-state index in [-0.39, 0.29) is 11.8 Å². The van der Waals surface area contributed by atoms with Crippen molar-refractivity contribution in [1.29, 1.82) is 0 Å². The number of carbonyl (C=O) groups is 1. The molecule has 138 valence electrons. The molecule has 1 amide bonds. The molecule has 2 aromatic heterocycles. The number of ether oxygens (including phenoxy) is 1. The number of carbonyl (C=O) groups excluding carboxylic acids is 1.